The lowest BCUT2D eigenvalue weighted by Crippen LogP contribution is -2.22. The van der Waals surface area contributed by atoms with Crippen LogP contribution in [0.15, 0.2) is 66.1 Å². The van der Waals surface area contributed by atoms with Crippen molar-refractivity contribution in [2.24, 2.45) is 5.73 Å². The zero-order valence-corrected chi connectivity index (χ0v) is 21.2. The summed E-state index contributed by atoms with van der Waals surface area (Å²) in [5.41, 5.74) is 10.1. The summed E-state index contributed by atoms with van der Waals surface area (Å²) in [7, 11) is 1.55. The van der Waals surface area contributed by atoms with Crippen molar-refractivity contribution >= 4 is 5.97 Å². The summed E-state index contributed by atoms with van der Waals surface area (Å²) < 4.78 is 27.9. The number of carbonyl (C=O) groups is 1. The van der Waals surface area contributed by atoms with E-state index >= 15 is 0 Å². The number of aryl methyl sites for hydroxylation is 2. The highest BCUT2D eigenvalue weighted by Gasteiger charge is 2.31. The van der Waals surface area contributed by atoms with E-state index in [2.05, 4.69) is 6.07 Å². The van der Waals surface area contributed by atoms with Crippen LogP contribution in [0.3, 0.4) is 0 Å². The summed E-state index contributed by atoms with van der Waals surface area (Å²) in [5.74, 6) is 1.29. The molecule has 1 aliphatic heterocycles. The third-order valence-electron chi connectivity index (χ3n) is 6.08. The van der Waals surface area contributed by atoms with E-state index in [1.165, 1.54) is 0 Å². The molecule has 1 heterocycles. The molecule has 3 aromatic rings. The number of benzene rings is 3. The number of nitrogens with zero attached hydrogens (tertiary/aromatic N) is 1. The summed E-state index contributed by atoms with van der Waals surface area (Å²) >= 11 is 0. The van der Waals surface area contributed by atoms with Crippen LogP contribution in [0.25, 0.3) is 0 Å². The van der Waals surface area contributed by atoms with Crippen LogP contribution in [0.4, 0.5) is 0 Å². The Morgan fingerprint density at radius 2 is 1.78 bits per heavy atom. The Balaban J connectivity index is 1.57. The monoisotopic (exact) mass is 500 g/mol. The van der Waals surface area contributed by atoms with E-state index in [9.17, 15) is 10.1 Å². The number of methoxy groups -OCH3 is 1. The largest absolute Gasteiger partial charge is 0.493 e. The van der Waals surface area contributed by atoms with Crippen molar-refractivity contribution in [1.82, 2.24) is 0 Å². The van der Waals surface area contributed by atoms with Gasteiger partial charge in [-0.15, -0.1) is 0 Å². The maximum atomic E-state index is 12.4. The molecule has 1 atom stereocenters. The predicted molar refractivity (Wildman–Crippen MR) is 137 cm³/mol. The molecule has 0 aromatic heterocycles. The van der Waals surface area contributed by atoms with Crippen molar-refractivity contribution < 1.29 is 28.5 Å². The fraction of sp³-hybridized carbons (Fsp3) is 0.241. The fourth-order valence-electron chi connectivity index (χ4n) is 4.09. The van der Waals surface area contributed by atoms with Crippen LogP contribution in [0, 0.1) is 25.2 Å². The maximum Gasteiger partial charge on any atom is 0.349 e. The lowest BCUT2D eigenvalue weighted by molar-refractivity contribution is -0.136. The molecule has 8 heteroatoms. The summed E-state index contributed by atoms with van der Waals surface area (Å²) in [6, 6.07) is 18.2. The molecule has 0 saturated carbocycles. The van der Waals surface area contributed by atoms with Gasteiger partial charge in [-0.05, 0) is 67.8 Å². The topological polar surface area (TPSA) is 113 Å². The Bertz CT molecular complexity index is 1410. The standard InChI is InChI=1S/C29H28N2O6/c1-5-34-24-11-7-19(13-26(24)33-4)28-22-10-9-21(14-25(22)37-29(31)23(28)15-30)36-27(32)16-35-20-8-6-17(2)18(3)12-20/h6-14,28H,5,16,31H2,1-4H3. The molecule has 0 fully saturated rings. The van der Waals surface area contributed by atoms with Crippen molar-refractivity contribution in [3.05, 3.63) is 88.3 Å². The molecule has 190 valence electrons. The normalized spacial score (nSPS) is 14.2. The van der Waals surface area contributed by atoms with Gasteiger partial charge in [0.1, 0.15) is 28.9 Å². The number of ether oxygens (including phenoxy) is 5. The zero-order valence-electron chi connectivity index (χ0n) is 21.2. The molecular weight excluding hydrogens is 472 g/mol. The van der Waals surface area contributed by atoms with Crippen molar-refractivity contribution in [3.8, 4) is 34.8 Å². The first-order chi connectivity index (χ1) is 17.8. The van der Waals surface area contributed by atoms with Crippen molar-refractivity contribution in [2.75, 3.05) is 20.3 Å². The maximum absolute atomic E-state index is 12.4. The molecule has 3 aromatic carbocycles. The van der Waals surface area contributed by atoms with Crippen LogP contribution >= 0.6 is 0 Å². The second-order valence-corrected chi connectivity index (χ2v) is 8.48. The number of fused-ring (bicyclic) bond motifs is 1. The Labute approximate surface area is 215 Å². The highest BCUT2D eigenvalue weighted by molar-refractivity contribution is 5.74. The number of esters is 1. The minimum absolute atomic E-state index is 0.0191. The average molecular weight is 501 g/mol. The molecule has 1 aliphatic rings. The van der Waals surface area contributed by atoms with Crippen LogP contribution in [0.1, 0.15) is 35.1 Å². The number of carbonyl (C=O) groups excluding carboxylic acids is 1. The van der Waals surface area contributed by atoms with Crippen molar-refractivity contribution in [1.29, 1.82) is 5.26 Å². The van der Waals surface area contributed by atoms with Gasteiger partial charge in [0.15, 0.2) is 18.1 Å². The van der Waals surface area contributed by atoms with E-state index in [-0.39, 0.29) is 23.8 Å². The highest BCUT2D eigenvalue weighted by Crippen LogP contribution is 2.45. The minimum Gasteiger partial charge on any atom is -0.493 e. The van der Waals surface area contributed by atoms with Gasteiger partial charge in [0.05, 0.1) is 19.6 Å². The molecule has 0 saturated heterocycles. The van der Waals surface area contributed by atoms with Crippen LogP contribution in [0.5, 0.6) is 28.7 Å². The van der Waals surface area contributed by atoms with Gasteiger partial charge in [-0.2, -0.15) is 5.26 Å². The number of hydrogen-bond acceptors (Lipinski definition) is 8. The van der Waals surface area contributed by atoms with Gasteiger partial charge in [-0.25, -0.2) is 4.79 Å². The highest BCUT2D eigenvalue weighted by atomic mass is 16.6. The van der Waals surface area contributed by atoms with Gasteiger partial charge in [0, 0.05) is 11.6 Å². The van der Waals surface area contributed by atoms with E-state index in [0.717, 1.165) is 16.7 Å². The van der Waals surface area contributed by atoms with E-state index in [4.69, 9.17) is 29.4 Å². The number of hydrogen-bond donors (Lipinski definition) is 1. The molecule has 8 nitrogen and oxygen atoms in total. The summed E-state index contributed by atoms with van der Waals surface area (Å²) in [6.45, 7) is 6.10. The van der Waals surface area contributed by atoms with Crippen molar-refractivity contribution in [2.45, 2.75) is 26.7 Å². The number of nitrogens with two attached hydrogens (primary N) is 1. The third kappa shape index (κ3) is 5.46. The molecule has 0 amide bonds. The molecule has 0 aliphatic carbocycles. The van der Waals surface area contributed by atoms with Gasteiger partial charge in [0.25, 0.3) is 0 Å². The average Bonchev–Trinajstić information content (AvgIpc) is 2.89. The van der Waals surface area contributed by atoms with Crippen LogP contribution in [-0.4, -0.2) is 26.3 Å². The molecular formula is C29H28N2O6. The second-order valence-electron chi connectivity index (χ2n) is 8.48. The first-order valence-electron chi connectivity index (χ1n) is 11.8. The number of allylic oxidation sites excluding steroid dienone is 1. The molecule has 0 radical (unpaired) electrons. The van der Waals surface area contributed by atoms with Crippen LogP contribution < -0.4 is 29.4 Å². The van der Waals surface area contributed by atoms with Gasteiger partial charge in [0.2, 0.25) is 5.88 Å². The smallest absolute Gasteiger partial charge is 0.349 e. The molecule has 0 spiro atoms. The van der Waals surface area contributed by atoms with Crippen LogP contribution in [0.2, 0.25) is 0 Å². The van der Waals surface area contributed by atoms with E-state index in [1.54, 1.807) is 37.4 Å². The minimum atomic E-state index is -0.567. The molecule has 0 bridgehead atoms. The number of rotatable bonds is 8. The van der Waals surface area contributed by atoms with Gasteiger partial charge in [-0.3, -0.25) is 0 Å². The van der Waals surface area contributed by atoms with Gasteiger partial charge < -0.3 is 29.4 Å². The summed E-state index contributed by atoms with van der Waals surface area (Å²) in [4.78, 5) is 12.4. The quantitative estimate of drug-likeness (QED) is 0.343. The Morgan fingerprint density at radius 1 is 1.00 bits per heavy atom. The van der Waals surface area contributed by atoms with Gasteiger partial charge >= 0.3 is 5.97 Å². The lowest BCUT2D eigenvalue weighted by Gasteiger charge is -2.27. The first kappa shape index (κ1) is 25.5. The number of nitriles is 1. The van der Waals surface area contributed by atoms with Crippen molar-refractivity contribution in [3.63, 3.8) is 0 Å². The Morgan fingerprint density at radius 3 is 2.49 bits per heavy atom. The molecule has 37 heavy (non-hydrogen) atoms. The predicted octanol–water partition coefficient (Wildman–Crippen LogP) is 4.91. The van der Waals surface area contributed by atoms with E-state index < -0.39 is 11.9 Å². The second kappa shape index (κ2) is 11.0. The van der Waals surface area contributed by atoms with E-state index in [1.807, 2.05) is 45.0 Å². The van der Waals surface area contributed by atoms with Crippen LogP contribution in [-0.2, 0) is 4.79 Å². The van der Waals surface area contributed by atoms with E-state index in [0.29, 0.717) is 35.2 Å². The summed E-state index contributed by atoms with van der Waals surface area (Å²) in [5, 5.41) is 9.84. The molecule has 2 N–H and O–H groups in total. The fourth-order valence-corrected chi connectivity index (χ4v) is 4.09. The first-order valence-corrected chi connectivity index (χ1v) is 11.8. The summed E-state index contributed by atoms with van der Waals surface area (Å²) in [6.07, 6.45) is 0. The third-order valence-corrected chi connectivity index (χ3v) is 6.08. The molecule has 1 unspecified atom stereocenters. The zero-order chi connectivity index (χ0) is 26.5. The SMILES string of the molecule is CCOc1ccc(C2C(C#N)=C(N)Oc3cc(OC(=O)COc4ccc(C)c(C)c4)ccc32)cc1OC. The van der Waals surface area contributed by atoms with Gasteiger partial charge in [-0.1, -0.05) is 18.2 Å². The Hall–Kier alpha value is -4.64. The molecule has 4 rings (SSSR count). The lowest BCUT2D eigenvalue weighted by atomic mass is 9.83. The Kier molecular flexibility index (Phi) is 7.54.